The third-order valence-electron chi connectivity index (χ3n) is 2.62. The first-order valence-electron chi connectivity index (χ1n) is 6.09. The molecule has 90 valence electrons. The van der Waals surface area contributed by atoms with Crippen molar-refractivity contribution in [3.63, 3.8) is 0 Å². The maximum Gasteiger partial charge on any atom is 0.0635 e. The summed E-state index contributed by atoms with van der Waals surface area (Å²) in [5.41, 5.74) is 4.43. The number of hydrogen-bond acceptors (Lipinski definition) is 1. The highest BCUT2D eigenvalue weighted by molar-refractivity contribution is 5.97. The molecule has 0 spiro atoms. The summed E-state index contributed by atoms with van der Waals surface area (Å²) in [7, 11) is 0. The lowest BCUT2D eigenvalue weighted by Crippen LogP contribution is -1.83. The Morgan fingerprint density at radius 2 is 1.78 bits per heavy atom. The maximum atomic E-state index is 4.56. The zero-order chi connectivity index (χ0) is 12.8. The molecule has 0 atom stereocenters. The lowest BCUT2D eigenvalue weighted by molar-refractivity contribution is 1.42. The lowest BCUT2D eigenvalue weighted by Gasteiger charge is -1.97. The minimum absolute atomic E-state index is 1.00. The van der Waals surface area contributed by atoms with Crippen molar-refractivity contribution in [3.05, 3.63) is 71.8 Å². The molecule has 0 aromatic heterocycles. The summed E-state index contributed by atoms with van der Waals surface area (Å²) in [4.78, 5) is 4.56. The smallest absolute Gasteiger partial charge is 0.0635 e. The van der Waals surface area contributed by atoms with Crippen LogP contribution < -0.4 is 0 Å². The van der Waals surface area contributed by atoms with Crippen LogP contribution in [0.2, 0.25) is 0 Å². The number of aryl methyl sites for hydroxylation is 1. The maximum absolute atomic E-state index is 4.56. The first-order chi connectivity index (χ1) is 8.74. The molecular weight excluding hydrogens is 218 g/mol. The zero-order valence-electron chi connectivity index (χ0n) is 10.8. The van der Waals surface area contributed by atoms with Gasteiger partial charge in [-0.1, -0.05) is 48.5 Å². The standard InChI is InChI=1S/C17H17N/c1-14-7-6-10-17(13-14)18-15(2)11-12-16-8-4-3-5-9-16/h3-13H,1-2H3/b12-11+,18-15?. The summed E-state index contributed by atoms with van der Waals surface area (Å²) >= 11 is 0. The summed E-state index contributed by atoms with van der Waals surface area (Å²) in [5, 5.41) is 0. The van der Waals surface area contributed by atoms with Crippen LogP contribution in [0.1, 0.15) is 18.1 Å². The second-order valence-corrected chi connectivity index (χ2v) is 4.34. The molecule has 1 heteroatoms. The minimum atomic E-state index is 1.00. The van der Waals surface area contributed by atoms with Crippen LogP contribution in [0.4, 0.5) is 5.69 Å². The molecule has 1 nitrogen and oxygen atoms in total. The Kier molecular flexibility index (Phi) is 4.08. The number of benzene rings is 2. The molecule has 18 heavy (non-hydrogen) atoms. The zero-order valence-corrected chi connectivity index (χ0v) is 10.8. The van der Waals surface area contributed by atoms with Gasteiger partial charge in [-0.2, -0.15) is 0 Å². The van der Waals surface area contributed by atoms with E-state index in [0.29, 0.717) is 0 Å². The summed E-state index contributed by atoms with van der Waals surface area (Å²) in [5.74, 6) is 0. The van der Waals surface area contributed by atoms with Gasteiger partial charge >= 0.3 is 0 Å². The van der Waals surface area contributed by atoms with E-state index < -0.39 is 0 Å². The van der Waals surface area contributed by atoms with E-state index in [1.54, 1.807) is 0 Å². The van der Waals surface area contributed by atoms with E-state index in [-0.39, 0.29) is 0 Å². The number of nitrogens with zero attached hydrogens (tertiary/aromatic N) is 1. The van der Waals surface area contributed by atoms with Gasteiger partial charge in [0.05, 0.1) is 5.69 Å². The second-order valence-electron chi connectivity index (χ2n) is 4.34. The molecule has 0 bridgehead atoms. The first-order valence-corrected chi connectivity index (χ1v) is 6.09. The van der Waals surface area contributed by atoms with Crippen molar-refractivity contribution in [2.45, 2.75) is 13.8 Å². The van der Waals surface area contributed by atoms with Gasteiger partial charge in [0.15, 0.2) is 0 Å². The highest BCUT2D eigenvalue weighted by Crippen LogP contribution is 2.14. The molecule has 0 saturated heterocycles. The summed E-state index contributed by atoms with van der Waals surface area (Å²) in [6.07, 6.45) is 4.12. The van der Waals surface area contributed by atoms with E-state index in [1.807, 2.05) is 43.3 Å². The topological polar surface area (TPSA) is 12.4 Å². The van der Waals surface area contributed by atoms with Crippen LogP contribution in [0.3, 0.4) is 0 Å². The molecule has 0 heterocycles. The Bertz CT molecular complexity index is 565. The molecule has 0 aliphatic rings. The molecule has 0 saturated carbocycles. The fourth-order valence-electron chi connectivity index (χ4n) is 1.72. The van der Waals surface area contributed by atoms with E-state index in [9.17, 15) is 0 Å². The van der Waals surface area contributed by atoms with Crippen LogP contribution in [0.25, 0.3) is 6.08 Å². The number of rotatable bonds is 3. The number of aliphatic imine (C=N–C) groups is 1. The molecule has 2 rings (SSSR count). The molecule has 0 amide bonds. The average Bonchev–Trinajstić information content (AvgIpc) is 2.38. The van der Waals surface area contributed by atoms with E-state index >= 15 is 0 Å². The highest BCUT2D eigenvalue weighted by atomic mass is 14.7. The van der Waals surface area contributed by atoms with Crippen LogP contribution in [0.5, 0.6) is 0 Å². The van der Waals surface area contributed by atoms with Crippen molar-refractivity contribution in [3.8, 4) is 0 Å². The third kappa shape index (κ3) is 3.70. The second kappa shape index (κ2) is 5.97. The normalized spacial score (nSPS) is 12.0. The lowest BCUT2D eigenvalue weighted by atomic mass is 10.2. The summed E-state index contributed by atoms with van der Waals surface area (Å²) < 4.78 is 0. The highest BCUT2D eigenvalue weighted by Gasteiger charge is 1.91. The van der Waals surface area contributed by atoms with E-state index in [4.69, 9.17) is 0 Å². The summed E-state index contributed by atoms with van der Waals surface area (Å²) in [6, 6.07) is 18.5. The van der Waals surface area contributed by atoms with Gasteiger partial charge in [-0.3, -0.25) is 4.99 Å². The molecular formula is C17H17N. The minimum Gasteiger partial charge on any atom is -0.254 e. The van der Waals surface area contributed by atoms with Gasteiger partial charge in [-0.25, -0.2) is 0 Å². The van der Waals surface area contributed by atoms with E-state index in [1.165, 1.54) is 11.1 Å². The van der Waals surface area contributed by atoms with Gasteiger partial charge in [0.2, 0.25) is 0 Å². The molecule has 2 aromatic rings. The largest absolute Gasteiger partial charge is 0.254 e. The van der Waals surface area contributed by atoms with Crippen LogP contribution in [-0.2, 0) is 0 Å². The third-order valence-corrected chi connectivity index (χ3v) is 2.62. The predicted octanol–water partition coefficient (Wildman–Crippen LogP) is 4.80. The molecule has 0 fully saturated rings. The monoisotopic (exact) mass is 235 g/mol. The quantitative estimate of drug-likeness (QED) is 0.677. The summed E-state index contributed by atoms with van der Waals surface area (Å²) in [6.45, 7) is 4.09. The van der Waals surface area contributed by atoms with Gasteiger partial charge < -0.3 is 0 Å². The van der Waals surface area contributed by atoms with Crippen LogP contribution in [0, 0.1) is 6.92 Å². The van der Waals surface area contributed by atoms with Gasteiger partial charge in [-0.05, 0) is 43.2 Å². The van der Waals surface area contributed by atoms with Crippen LogP contribution >= 0.6 is 0 Å². The number of hydrogen-bond donors (Lipinski definition) is 0. The molecule has 0 radical (unpaired) electrons. The fourth-order valence-corrected chi connectivity index (χ4v) is 1.72. The Morgan fingerprint density at radius 3 is 2.50 bits per heavy atom. The van der Waals surface area contributed by atoms with E-state index in [0.717, 1.165) is 11.4 Å². The molecule has 2 aromatic carbocycles. The van der Waals surface area contributed by atoms with Gasteiger partial charge in [0, 0.05) is 5.71 Å². The Hall–Kier alpha value is -2.15. The first kappa shape index (κ1) is 12.3. The van der Waals surface area contributed by atoms with Crippen molar-refractivity contribution in [2.24, 2.45) is 4.99 Å². The molecule has 0 aliphatic heterocycles. The van der Waals surface area contributed by atoms with Crippen molar-refractivity contribution >= 4 is 17.5 Å². The van der Waals surface area contributed by atoms with Crippen LogP contribution in [0.15, 0.2) is 65.7 Å². The Labute approximate surface area is 109 Å². The van der Waals surface area contributed by atoms with E-state index in [2.05, 4.69) is 42.3 Å². The van der Waals surface area contributed by atoms with Gasteiger partial charge in [-0.15, -0.1) is 0 Å². The Balaban J connectivity index is 2.12. The molecule has 0 unspecified atom stereocenters. The predicted molar refractivity (Wildman–Crippen MR) is 79.4 cm³/mol. The van der Waals surface area contributed by atoms with Gasteiger partial charge in [0.1, 0.15) is 0 Å². The van der Waals surface area contributed by atoms with Gasteiger partial charge in [0.25, 0.3) is 0 Å². The van der Waals surface area contributed by atoms with Crippen molar-refractivity contribution in [1.29, 1.82) is 0 Å². The average molecular weight is 235 g/mol. The fraction of sp³-hybridized carbons (Fsp3) is 0.118. The van der Waals surface area contributed by atoms with Crippen molar-refractivity contribution in [1.82, 2.24) is 0 Å². The van der Waals surface area contributed by atoms with Crippen molar-refractivity contribution in [2.75, 3.05) is 0 Å². The van der Waals surface area contributed by atoms with Crippen LogP contribution in [-0.4, -0.2) is 5.71 Å². The van der Waals surface area contributed by atoms with Crippen molar-refractivity contribution < 1.29 is 0 Å². The molecule has 0 N–H and O–H groups in total. The number of allylic oxidation sites excluding steroid dienone is 1. The Morgan fingerprint density at radius 1 is 1.00 bits per heavy atom. The molecule has 0 aliphatic carbocycles. The SMILES string of the molecule is CC(/C=C/c1ccccc1)=Nc1cccc(C)c1.